The van der Waals surface area contributed by atoms with Crippen LogP contribution in [0.4, 0.5) is 0 Å². The molecular weight excluding hydrogens is 736 g/mol. The third-order valence-electron chi connectivity index (χ3n) is 10.9. The number of rotatable bonds is 10. The topological polar surface area (TPSA) is 172 Å². The third kappa shape index (κ3) is 8.70. The summed E-state index contributed by atoms with van der Waals surface area (Å²) in [7, 11) is 7.94. The average molecular weight is 789 g/mol. The number of cyclic esters (lactones) is 1. The maximum absolute atomic E-state index is 14.2. The first-order chi connectivity index (χ1) is 27.5. The second-order valence-electron chi connectivity index (χ2n) is 14.5. The predicted octanol–water partition coefficient (Wildman–Crippen LogP) is 6.21. The van der Waals surface area contributed by atoms with Gasteiger partial charge in [0.2, 0.25) is 24.2 Å². The first kappa shape index (κ1) is 41.0. The second kappa shape index (κ2) is 18.1. The minimum absolute atomic E-state index is 0.0580. The molecule has 0 saturated carbocycles. The Morgan fingerprint density at radius 3 is 2.37 bits per heavy atom. The molecule has 14 heteroatoms. The Kier molecular flexibility index (Phi) is 13.0. The molecule has 3 atom stereocenters. The van der Waals surface area contributed by atoms with Crippen LogP contribution in [0.5, 0.6) is 46.0 Å². The molecule has 3 aromatic rings. The van der Waals surface area contributed by atoms with Gasteiger partial charge in [0.1, 0.15) is 22.8 Å². The summed E-state index contributed by atoms with van der Waals surface area (Å²) >= 11 is 0. The van der Waals surface area contributed by atoms with Crippen molar-refractivity contribution in [3.8, 4) is 46.0 Å². The fourth-order valence-electron chi connectivity index (χ4n) is 7.96. The van der Waals surface area contributed by atoms with Crippen LogP contribution in [0.2, 0.25) is 0 Å². The van der Waals surface area contributed by atoms with E-state index < -0.39 is 29.6 Å². The smallest absolute Gasteiger partial charge is 0.342 e. The number of phenols is 2. The van der Waals surface area contributed by atoms with E-state index in [9.17, 15) is 24.6 Å². The molecule has 0 aliphatic carbocycles. The number of methoxy groups -OCH3 is 4. The molecule has 14 nitrogen and oxygen atoms in total. The number of ketones is 1. The molecule has 3 aromatic carbocycles. The predicted molar refractivity (Wildman–Crippen MR) is 210 cm³/mol. The van der Waals surface area contributed by atoms with Gasteiger partial charge in [0.15, 0.2) is 23.0 Å². The molecule has 3 N–H and O–H groups in total. The maximum atomic E-state index is 14.2. The summed E-state index contributed by atoms with van der Waals surface area (Å²) in [5.74, 6) is -0.361. The van der Waals surface area contributed by atoms with Crippen molar-refractivity contribution in [1.29, 1.82) is 0 Å². The SMILES string of the molecule is COc1cc(C(CC(=O)NCC2c3c(cc4c(c3OC)OCO4)CCN2C)c2c(O)cc3c(c2O)C(=O)OC(C)CCCC(=O)CCCC=C3)cc(OC)c1OC. The Bertz CT molecular complexity index is 2000. The molecule has 6 rings (SSSR count). The minimum Gasteiger partial charge on any atom is -0.507 e. The number of hydrogen-bond acceptors (Lipinski definition) is 13. The Morgan fingerprint density at radius 1 is 0.947 bits per heavy atom. The summed E-state index contributed by atoms with van der Waals surface area (Å²) in [6.07, 6.45) is 6.35. The highest BCUT2D eigenvalue weighted by molar-refractivity contribution is 5.98. The van der Waals surface area contributed by atoms with Gasteiger partial charge in [-0.1, -0.05) is 12.2 Å². The molecule has 3 aliphatic heterocycles. The normalized spacial score (nSPS) is 19.1. The van der Waals surface area contributed by atoms with Crippen molar-refractivity contribution < 1.29 is 57.8 Å². The van der Waals surface area contributed by atoms with Crippen LogP contribution in [0.1, 0.15) is 102 Å². The summed E-state index contributed by atoms with van der Waals surface area (Å²) in [6.45, 7) is 2.74. The van der Waals surface area contributed by atoms with Gasteiger partial charge in [0, 0.05) is 49.4 Å². The number of likely N-dealkylation sites (N-methyl/N-ethyl adjacent to an activating group) is 1. The van der Waals surface area contributed by atoms with Gasteiger partial charge in [0.05, 0.1) is 40.6 Å². The Balaban J connectivity index is 1.40. The zero-order chi connectivity index (χ0) is 40.8. The van der Waals surface area contributed by atoms with E-state index >= 15 is 0 Å². The summed E-state index contributed by atoms with van der Waals surface area (Å²) in [5.41, 5.74) is 2.39. The number of carbonyl (C=O) groups excluding carboxylic acids is 3. The first-order valence-electron chi connectivity index (χ1n) is 19.2. The minimum atomic E-state index is -1.03. The van der Waals surface area contributed by atoms with Gasteiger partial charge in [-0.25, -0.2) is 4.79 Å². The molecule has 0 bridgehead atoms. The van der Waals surface area contributed by atoms with Crippen LogP contribution in [0.25, 0.3) is 6.08 Å². The molecule has 0 aromatic heterocycles. The lowest BCUT2D eigenvalue weighted by atomic mass is 9.84. The fraction of sp³-hybridized carbons (Fsp3) is 0.465. The van der Waals surface area contributed by atoms with Gasteiger partial charge in [-0.05, 0) is 87.0 Å². The van der Waals surface area contributed by atoms with Crippen molar-refractivity contribution in [2.24, 2.45) is 0 Å². The number of hydrogen-bond donors (Lipinski definition) is 3. The average Bonchev–Trinajstić information content (AvgIpc) is 3.66. The highest BCUT2D eigenvalue weighted by Gasteiger charge is 2.36. The molecule has 0 spiro atoms. The van der Waals surface area contributed by atoms with Crippen molar-refractivity contribution in [3.63, 3.8) is 0 Å². The maximum Gasteiger partial charge on any atom is 0.342 e. The van der Waals surface area contributed by atoms with Gasteiger partial charge in [-0.2, -0.15) is 0 Å². The lowest BCUT2D eigenvalue weighted by molar-refractivity contribution is -0.121. The molecule has 1 amide bonds. The van der Waals surface area contributed by atoms with E-state index in [1.165, 1.54) is 27.4 Å². The van der Waals surface area contributed by atoms with Crippen molar-refractivity contribution in [3.05, 3.63) is 63.7 Å². The van der Waals surface area contributed by atoms with Crippen molar-refractivity contribution >= 4 is 23.7 Å². The van der Waals surface area contributed by atoms with Crippen LogP contribution < -0.4 is 33.7 Å². The van der Waals surface area contributed by atoms with Gasteiger partial charge in [-0.15, -0.1) is 0 Å². The lowest BCUT2D eigenvalue weighted by Crippen LogP contribution is -2.40. The summed E-state index contributed by atoms with van der Waals surface area (Å²) in [6, 6.07) is 6.36. The van der Waals surface area contributed by atoms with Crippen LogP contribution >= 0.6 is 0 Å². The molecule has 306 valence electrons. The standard InChI is InChI=1S/C43H52N2O12/c1-24-11-10-14-28(46)13-9-7-8-12-25-17-31(47)38(39(49)37(25)43(50)57-24)29(27-19-32(51-3)40(53-5)33(20-27)52-4)21-35(48)44-22-30-36-26(15-16-45(30)2)18-34-41(42(36)54-6)56-23-55-34/h8,12,17-20,24,29-30,47,49H,7,9-11,13-16,21-23H2,1-6H3,(H,44,48). The molecule has 0 saturated heterocycles. The first-order valence-corrected chi connectivity index (χ1v) is 19.2. The Labute approximate surface area is 332 Å². The third-order valence-corrected chi connectivity index (χ3v) is 10.9. The zero-order valence-electron chi connectivity index (χ0n) is 33.4. The zero-order valence-corrected chi connectivity index (χ0v) is 33.4. The van der Waals surface area contributed by atoms with E-state index in [0.29, 0.717) is 67.1 Å². The van der Waals surface area contributed by atoms with E-state index in [-0.39, 0.29) is 65.5 Å². The Morgan fingerprint density at radius 2 is 1.67 bits per heavy atom. The van der Waals surface area contributed by atoms with Gasteiger partial charge in [-0.3, -0.25) is 14.5 Å². The molecular formula is C43H52N2O12. The molecule has 0 fully saturated rings. The number of Topliss-reactive ketones (excluding diaryl/α,β-unsaturated/α-hetero) is 1. The highest BCUT2D eigenvalue weighted by atomic mass is 16.7. The number of esters is 1. The number of nitrogens with zero attached hydrogens (tertiary/aromatic N) is 1. The van der Waals surface area contributed by atoms with E-state index in [4.69, 9.17) is 33.2 Å². The van der Waals surface area contributed by atoms with E-state index in [0.717, 1.165) is 24.1 Å². The summed E-state index contributed by atoms with van der Waals surface area (Å²) in [4.78, 5) is 42.5. The van der Waals surface area contributed by atoms with Crippen LogP contribution in [0, 0.1) is 0 Å². The number of benzene rings is 3. The van der Waals surface area contributed by atoms with Crippen molar-refractivity contribution in [2.75, 3.05) is 55.4 Å². The van der Waals surface area contributed by atoms with Crippen LogP contribution in [0.15, 0.2) is 30.3 Å². The number of phenolic OH excluding ortho intramolecular Hbond substituents is 2. The monoisotopic (exact) mass is 788 g/mol. The number of aromatic hydroxyl groups is 2. The number of allylic oxidation sites excluding steroid dienone is 1. The van der Waals surface area contributed by atoms with Crippen LogP contribution in [-0.4, -0.2) is 94.2 Å². The quantitative estimate of drug-likeness (QED) is 0.198. The van der Waals surface area contributed by atoms with E-state index in [1.807, 2.05) is 13.1 Å². The number of nitrogens with one attached hydrogen (secondary N) is 1. The number of fused-ring (bicyclic) bond motifs is 3. The van der Waals surface area contributed by atoms with E-state index in [1.54, 1.807) is 38.3 Å². The van der Waals surface area contributed by atoms with Gasteiger partial charge in [0.25, 0.3) is 0 Å². The second-order valence-corrected chi connectivity index (χ2v) is 14.5. The lowest BCUT2D eigenvalue weighted by Gasteiger charge is -2.36. The molecule has 3 heterocycles. The number of ether oxygens (including phenoxy) is 7. The molecule has 3 aliphatic rings. The molecule has 0 radical (unpaired) electrons. The van der Waals surface area contributed by atoms with Gasteiger partial charge < -0.3 is 48.7 Å². The van der Waals surface area contributed by atoms with Gasteiger partial charge >= 0.3 is 5.97 Å². The van der Waals surface area contributed by atoms with Crippen molar-refractivity contribution in [1.82, 2.24) is 10.2 Å². The fourth-order valence-corrected chi connectivity index (χ4v) is 7.96. The van der Waals surface area contributed by atoms with E-state index in [2.05, 4.69) is 10.2 Å². The molecule has 57 heavy (non-hydrogen) atoms. The number of carbonyl (C=O) groups is 3. The largest absolute Gasteiger partial charge is 0.507 e. The van der Waals surface area contributed by atoms with Crippen LogP contribution in [0.3, 0.4) is 0 Å². The Hall–Kier alpha value is -5.63. The number of amides is 1. The highest BCUT2D eigenvalue weighted by Crippen LogP contribution is 2.50. The van der Waals surface area contributed by atoms with Crippen LogP contribution in [-0.2, 0) is 20.7 Å². The molecule has 3 unspecified atom stereocenters. The summed E-state index contributed by atoms with van der Waals surface area (Å²) in [5, 5.41) is 27.0. The summed E-state index contributed by atoms with van der Waals surface area (Å²) < 4.78 is 39.9. The van der Waals surface area contributed by atoms with Crippen molar-refractivity contribution in [2.45, 2.75) is 76.4 Å².